The van der Waals surface area contributed by atoms with Crippen LogP contribution in [0.4, 0.5) is 0 Å². The summed E-state index contributed by atoms with van der Waals surface area (Å²) < 4.78 is 0. The Morgan fingerprint density at radius 1 is 0.476 bits per heavy atom. The number of amides is 11. The number of hydrogen-bond acceptors (Lipinski definition) is 21. The molecule has 0 saturated heterocycles. The number of phenols is 1. The highest BCUT2D eigenvalue weighted by molar-refractivity contribution is 6.00. The quantitative estimate of drug-likeness (QED) is 0.0142. The average molecular weight is 1480 g/mol. The number of nitrogens with zero attached hydrogens (tertiary/aromatic N) is 3. The highest BCUT2D eigenvalue weighted by Crippen LogP contribution is 2.19. The summed E-state index contributed by atoms with van der Waals surface area (Å²) in [6.45, 7) is 0.0944. The monoisotopic (exact) mass is 1480 g/mol. The number of aromatic amines is 1. The molecular weight excluding hydrogens is 1380 g/mol. The fraction of sp³-hybridized carbons (Fsp3) is 0.508. The molecule has 1 aromatic heterocycles. The van der Waals surface area contributed by atoms with Gasteiger partial charge in [-0.15, -0.1) is 0 Å². The number of fused-ring (bicyclic) bond motifs is 1. The highest BCUT2D eigenvalue weighted by Gasteiger charge is 2.38. The summed E-state index contributed by atoms with van der Waals surface area (Å²) in [5, 5.41) is 74.7. The number of primary amides is 1. The van der Waals surface area contributed by atoms with Crippen LogP contribution in [-0.2, 0) is 80.0 Å². The predicted molar refractivity (Wildman–Crippen MR) is 377 cm³/mol. The van der Waals surface area contributed by atoms with E-state index in [4.69, 9.17) is 51.6 Å². The number of carbonyl (C=O) groups excluding carboxylic acids is 11. The van der Waals surface area contributed by atoms with Gasteiger partial charge in [0.15, 0.2) is 17.9 Å². The molecule has 11 atom stereocenters. The first-order valence-electron chi connectivity index (χ1n) is 33.2. The third kappa shape index (κ3) is 33.2. The molecule has 578 valence electrons. The second kappa shape index (κ2) is 45.1. The molecule has 42 heteroatoms. The van der Waals surface area contributed by atoms with E-state index in [0.29, 0.717) is 5.56 Å². The van der Waals surface area contributed by atoms with E-state index in [2.05, 4.69) is 73.1 Å². The van der Waals surface area contributed by atoms with Crippen LogP contribution in [0.25, 0.3) is 10.9 Å². The van der Waals surface area contributed by atoms with Gasteiger partial charge in [0.2, 0.25) is 65.0 Å². The number of nitrogens with one attached hydrogen (secondary N) is 11. The van der Waals surface area contributed by atoms with Crippen molar-refractivity contribution < 1.29 is 92.7 Å². The fourth-order valence-corrected chi connectivity index (χ4v) is 10.2. The Balaban J connectivity index is 1.93. The Labute approximate surface area is 601 Å². The van der Waals surface area contributed by atoms with Crippen LogP contribution in [0.2, 0.25) is 0 Å². The van der Waals surface area contributed by atoms with Crippen LogP contribution < -0.4 is 105 Å². The molecule has 0 aliphatic carbocycles. The van der Waals surface area contributed by atoms with Gasteiger partial charge in [-0.2, -0.15) is 0 Å². The molecule has 2 aromatic carbocycles. The van der Waals surface area contributed by atoms with Crippen molar-refractivity contribution in [3.63, 3.8) is 0 Å². The number of rotatable bonds is 49. The summed E-state index contributed by atoms with van der Waals surface area (Å²) in [6.07, 6.45) is -5.05. The lowest BCUT2D eigenvalue weighted by atomic mass is 10.0. The second-order valence-corrected chi connectivity index (χ2v) is 24.2. The van der Waals surface area contributed by atoms with Gasteiger partial charge in [-0.3, -0.25) is 77.3 Å². The van der Waals surface area contributed by atoms with Crippen molar-refractivity contribution in [2.45, 2.75) is 170 Å². The van der Waals surface area contributed by atoms with Gasteiger partial charge in [0.05, 0.1) is 31.5 Å². The van der Waals surface area contributed by atoms with Crippen LogP contribution in [0.1, 0.15) is 102 Å². The molecule has 0 spiro atoms. The van der Waals surface area contributed by atoms with Crippen LogP contribution in [0, 0.1) is 0 Å². The lowest BCUT2D eigenvalue weighted by molar-refractivity contribution is -0.143. The van der Waals surface area contributed by atoms with Gasteiger partial charge in [0.1, 0.15) is 60.1 Å². The van der Waals surface area contributed by atoms with E-state index in [1.165, 1.54) is 24.3 Å². The Morgan fingerprint density at radius 3 is 1.39 bits per heavy atom. The molecule has 0 aliphatic heterocycles. The molecule has 0 radical (unpaired) electrons. The van der Waals surface area contributed by atoms with Crippen molar-refractivity contribution in [1.29, 1.82) is 0 Å². The number of H-pyrrole nitrogens is 1. The number of nitrogens with two attached hydrogens (primary N) is 9. The Morgan fingerprint density at radius 2 is 0.914 bits per heavy atom. The van der Waals surface area contributed by atoms with Crippen molar-refractivity contribution in [1.82, 2.24) is 58.2 Å². The Hall–Kier alpha value is -11.9. The maximum atomic E-state index is 14.4. The standard InChI is InChI=1S/C63H97N23O19/c1-31(87)50(59(103)82-38(11-4-5-21-64)52(96)79-39(12-6-22-73-61(67)68)53(97)84-44(27-46(66)89)57(101)83-42(60(104)105)14-8-24-75-63(71)72)86-55(99)41(19-20-48(91)92)81-58(102)45(28-49(93)94)85-54(98)40(13-7-23-74-62(69)70)80-56(100)43(25-32-15-17-34(88)18-16-32)78-47(90)30-77-51(95)36(65)26-33-29-76-37-10-3-2-9-35(33)37/h2-3,9-10,15-18,29,31,36,38-45,50,76,87-88H,4-8,11-14,19-28,30,64-65H2,1H3,(H2,66,89)(H,77,95)(H,78,90)(H,79,96)(H,80,100)(H,81,102)(H,82,103)(H,83,101)(H,84,97)(H,85,98)(H,86,99)(H,91,92)(H,93,94)(H,104,105)(H4,67,68,73)(H4,69,70,74)(H4,71,72,75)/t31-,36+,38+,39+,40+,41+,42+,43+,44+,45+,50+/m1/s1. The van der Waals surface area contributed by atoms with Gasteiger partial charge >= 0.3 is 17.9 Å². The van der Waals surface area contributed by atoms with E-state index in [9.17, 15) is 92.7 Å². The molecule has 0 saturated carbocycles. The van der Waals surface area contributed by atoms with Crippen LogP contribution in [0.3, 0.4) is 0 Å². The van der Waals surface area contributed by atoms with Crippen LogP contribution in [-0.4, -0.2) is 231 Å². The minimum Gasteiger partial charge on any atom is -0.508 e. The van der Waals surface area contributed by atoms with Gasteiger partial charge in [0, 0.05) is 49.6 Å². The van der Waals surface area contributed by atoms with Gasteiger partial charge in [0.25, 0.3) is 0 Å². The lowest BCUT2D eigenvalue weighted by Crippen LogP contribution is -2.62. The lowest BCUT2D eigenvalue weighted by Gasteiger charge is -2.29. The number of aliphatic carboxylic acids is 3. The van der Waals surface area contributed by atoms with E-state index in [1.807, 2.05) is 18.2 Å². The zero-order valence-electron chi connectivity index (χ0n) is 57.7. The summed E-state index contributed by atoms with van der Waals surface area (Å²) in [5.41, 5.74) is 51.8. The van der Waals surface area contributed by atoms with Gasteiger partial charge in [-0.1, -0.05) is 30.3 Å². The Bertz CT molecular complexity index is 3580. The summed E-state index contributed by atoms with van der Waals surface area (Å²) in [6, 6.07) is -4.67. The second-order valence-electron chi connectivity index (χ2n) is 24.2. The molecule has 11 amide bonds. The number of benzene rings is 2. The SMILES string of the molecule is C[C@@H](O)[C@H](NC(=O)[C@H](CCC(=O)O)NC(=O)[C@H](CC(=O)O)NC(=O)[C@H](CCCN=C(N)N)NC(=O)[C@H](Cc1ccc(O)cc1)NC(=O)CNC(=O)[C@@H](N)Cc1c[nH]c2ccccc12)C(=O)N[C@@H](CCCCN)C(=O)N[C@@H](CCCN=C(N)N)C(=O)N[C@@H](CC(N)=O)C(=O)N[C@@H](CCCN=C(N)N)C(=O)O. The third-order valence-corrected chi connectivity index (χ3v) is 15.6. The van der Waals surface area contributed by atoms with Crippen LogP contribution >= 0.6 is 0 Å². The number of carbonyl (C=O) groups is 14. The summed E-state index contributed by atoms with van der Waals surface area (Å²) in [4.78, 5) is 203. The topological polar surface area (TPSA) is 747 Å². The fourth-order valence-electron chi connectivity index (χ4n) is 10.2. The first-order chi connectivity index (χ1) is 49.6. The molecule has 0 bridgehead atoms. The van der Waals surface area contributed by atoms with E-state index in [-0.39, 0.29) is 120 Å². The average Bonchev–Trinajstić information content (AvgIpc) is 1.75. The van der Waals surface area contributed by atoms with Crippen LogP contribution in [0.5, 0.6) is 5.75 Å². The molecule has 0 unspecified atom stereocenters. The zero-order chi connectivity index (χ0) is 78.5. The maximum absolute atomic E-state index is 14.4. The number of para-hydroxylation sites is 1. The van der Waals surface area contributed by atoms with Crippen molar-refractivity contribution >= 4 is 112 Å². The number of phenolic OH excluding ortho intramolecular Hbond substituents is 1. The van der Waals surface area contributed by atoms with Crippen molar-refractivity contribution in [3.05, 3.63) is 65.9 Å². The summed E-state index contributed by atoms with van der Waals surface area (Å²) in [7, 11) is 0. The normalized spacial score (nSPS) is 14.1. The first-order valence-corrected chi connectivity index (χ1v) is 33.2. The molecule has 0 aliphatic rings. The van der Waals surface area contributed by atoms with Crippen molar-refractivity contribution in [2.75, 3.05) is 32.7 Å². The molecule has 42 nitrogen and oxygen atoms in total. The van der Waals surface area contributed by atoms with E-state index >= 15 is 0 Å². The number of unbranched alkanes of at least 4 members (excludes halogenated alkanes) is 1. The number of carboxylic acid groups (broad SMARTS) is 3. The van der Waals surface area contributed by atoms with E-state index in [0.717, 1.165) is 23.4 Å². The molecule has 105 heavy (non-hydrogen) atoms. The van der Waals surface area contributed by atoms with E-state index in [1.54, 1.807) is 12.3 Å². The highest BCUT2D eigenvalue weighted by atomic mass is 16.4. The molecule has 34 N–H and O–H groups in total. The third-order valence-electron chi connectivity index (χ3n) is 15.6. The molecule has 1 heterocycles. The minimum atomic E-state index is -2.15. The van der Waals surface area contributed by atoms with Crippen LogP contribution in [0.15, 0.2) is 69.7 Å². The number of hydrogen-bond donors (Lipinski definition) is 25. The first kappa shape index (κ1) is 87.3. The maximum Gasteiger partial charge on any atom is 0.326 e. The molecule has 3 aromatic rings. The predicted octanol–water partition coefficient (Wildman–Crippen LogP) is -8.56. The van der Waals surface area contributed by atoms with Gasteiger partial charge in [-0.05, 0) is 113 Å². The van der Waals surface area contributed by atoms with Gasteiger partial charge < -0.3 is 135 Å². The summed E-state index contributed by atoms with van der Waals surface area (Å²) in [5.74, 6) is -18.5. The number of aromatic nitrogens is 1. The number of aliphatic hydroxyl groups excluding tert-OH is 1. The molecular formula is C63H97N23O19. The number of aliphatic hydroxyl groups is 1. The zero-order valence-corrected chi connectivity index (χ0v) is 57.7. The Kier molecular flexibility index (Phi) is 37.5. The number of aromatic hydroxyl groups is 1. The van der Waals surface area contributed by atoms with Gasteiger partial charge in [-0.25, -0.2) is 4.79 Å². The van der Waals surface area contributed by atoms with E-state index < -0.39 is 182 Å². The number of guanidine groups is 3. The van der Waals surface area contributed by atoms with Crippen molar-refractivity contribution in [2.24, 2.45) is 66.6 Å². The van der Waals surface area contributed by atoms with Crippen molar-refractivity contribution in [3.8, 4) is 5.75 Å². The number of carboxylic acids is 3. The summed E-state index contributed by atoms with van der Waals surface area (Å²) >= 11 is 0. The minimum absolute atomic E-state index is 0.0232. The largest absolute Gasteiger partial charge is 0.508 e. The molecule has 3 rings (SSSR count). The molecule has 0 fully saturated rings. The smallest absolute Gasteiger partial charge is 0.326 e. The number of aliphatic imine (C=N–C) groups is 3.